The second-order valence-electron chi connectivity index (χ2n) is 6.35. The second kappa shape index (κ2) is 4.92. The van der Waals surface area contributed by atoms with E-state index in [9.17, 15) is 4.79 Å². The second-order valence-corrected chi connectivity index (χ2v) is 6.35. The van der Waals surface area contributed by atoms with E-state index < -0.39 is 0 Å². The van der Waals surface area contributed by atoms with E-state index in [1.807, 2.05) is 7.05 Å². The van der Waals surface area contributed by atoms with Crippen LogP contribution < -0.4 is 5.32 Å². The molecule has 6 heteroatoms. The summed E-state index contributed by atoms with van der Waals surface area (Å²) in [6.45, 7) is 10.2. The van der Waals surface area contributed by atoms with Crippen LogP contribution in [0.1, 0.15) is 44.2 Å². The number of carbonyl (C=O) groups is 1. The molecule has 1 amide bonds. The molecule has 1 aliphatic rings. The number of nitrogens with one attached hydrogen (secondary N) is 1. The lowest BCUT2D eigenvalue weighted by Crippen LogP contribution is -2.44. The van der Waals surface area contributed by atoms with E-state index in [1.54, 1.807) is 15.8 Å². The zero-order valence-corrected chi connectivity index (χ0v) is 12.3. The summed E-state index contributed by atoms with van der Waals surface area (Å²) >= 11 is 0. The van der Waals surface area contributed by atoms with E-state index >= 15 is 0 Å². The van der Waals surface area contributed by atoms with E-state index in [0.717, 1.165) is 13.1 Å². The molecule has 0 bridgehead atoms. The lowest BCUT2D eigenvalue weighted by Gasteiger charge is -2.34. The molecule has 1 N–H and O–H groups in total. The summed E-state index contributed by atoms with van der Waals surface area (Å²) in [6.07, 6.45) is 1.75. The average molecular weight is 265 g/mol. The van der Waals surface area contributed by atoms with Crippen molar-refractivity contribution >= 4 is 5.91 Å². The van der Waals surface area contributed by atoms with Crippen molar-refractivity contribution in [2.45, 2.75) is 39.8 Å². The number of hydrogen-bond donors (Lipinski definition) is 1. The first-order valence-electron chi connectivity index (χ1n) is 6.70. The molecule has 1 atom stereocenters. The maximum atomic E-state index is 12.4. The summed E-state index contributed by atoms with van der Waals surface area (Å²) < 4.78 is 1.78. The first-order valence-corrected chi connectivity index (χ1v) is 6.70. The van der Waals surface area contributed by atoms with Crippen molar-refractivity contribution in [3.05, 3.63) is 11.9 Å². The molecule has 0 spiro atoms. The Morgan fingerprint density at radius 2 is 2.16 bits per heavy atom. The molecule has 6 nitrogen and oxygen atoms in total. The van der Waals surface area contributed by atoms with Crippen LogP contribution in [0.2, 0.25) is 0 Å². The van der Waals surface area contributed by atoms with Crippen molar-refractivity contribution in [3.63, 3.8) is 0 Å². The largest absolute Gasteiger partial charge is 0.337 e. The van der Waals surface area contributed by atoms with Gasteiger partial charge in [0.15, 0.2) is 5.69 Å². The number of carbonyl (C=O) groups excluding carboxylic acids is 1. The molecular formula is C13H23N5O. The van der Waals surface area contributed by atoms with Crippen molar-refractivity contribution in [1.29, 1.82) is 0 Å². The van der Waals surface area contributed by atoms with E-state index in [0.29, 0.717) is 11.7 Å². The Bertz CT molecular complexity index is 458. The Balaban J connectivity index is 2.08. The highest BCUT2D eigenvalue weighted by molar-refractivity contribution is 5.92. The fourth-order valence-electron chi connectivity index (χ4n) is 1.95. The van der Waals surface area contributed by atoms with Crippen molar-refractivity contribution in [1.82, 2.24) is 25.2 Å². The Labute approximate surface area is 114 Å². The predicted octanol–water partition coefficient (Wildman–Crippen LogP) is 0.929. The SMILES string of the molecule is CC(N(C)C(=O)c1cn(C2CNC2)nn1)C(C)(C)C. The number of nitrogens with zero attached hydrogens (tertiary/aromatic N) is 4. The van der Waals surface area contributed by atoms with Crippen molar-refractivity contribution in [2.24, 2.45) is 5.41 Å². The zero-order chi connectivity index (χ0) is 14.2. The van der Waals surface area contributed by atoms with E-state index in [1.165, 1.54) is 0 Å². The van der Waals surface area contributed by atoms with Gasteiger partial charge in [0.25, 0.3) is 5.91 Å². The molecule has 1 aliphatic heterocycles. The van der Waals surface area contributed by atoms with Crippen LogP contribution in [0.15, 0.2) is 6.20 Å². The fraction of sp³-hybridized carbons (Fsp3) is 0.769. The Hall–Kier alpha value is -1.43. The molecule has 0 aromatic carbocycles. The summed E-state index contributed by atoms with van der Waals surface area (Å²) in [4.78, 5) is 14.1. The summed E-state index contributed by atoms with van der Waals surface area (Å²) in [5.74, 6) is -0.0686. The molecule has 1 aromatic rings. The highest BCUT2D eigenvalue weighted by atomic mass is 16.2. The smallest absolute Gasteiger partial charge is 0.276 e. The molecule has 0 saturated carbocycles. The third-order valence-corrected chi connectivity index (χ3v) is 4.02. The monoisotopic (exact) mass is 265 g/mol. The highest BCUT2D eigenvalue weighted by Gasteiger charge is 2.29. The highest BCUT2D eigenvalue weighted by Crippen LogP contribution is 2.24. The third kappa shape index (κ3) is 2.78. The van der Waals surface area contributed by atoms with Crippen LogP contribution in [-0.2, 0) is 0 Å². The van der Waals surface area contributed by atoms with Crippen LogP contribution >= 0.6 is 0 Å². The molecule has 2 rings (SSSR count). The third-order valence-electron chi connectivity index (χ3n) is 4.02. The molecule has 1 fully saturated rings. The number of amides is 1. The fourth-order valence-corrected chi connectivity index (χ4v) is 1.95. The molecule has 2 heterocycles. The standard InChI is InChI=1S/C13H23N5O/c1-9(13(2,3)4)17(5)12(19)11-8-18(16-15-11)10-6-14-7-10/h8-10,14H,6-7H2,1-5H3. The van der Waals surface area contributed by atoms with Crippen molar-refractivity contribution in [3.8, 4) is 0 Å². The molecule has 0 radical (unpaired) electrons. The van der Waals surface area contributed by atoms with Gasteiger partial charge in [-0.25, -0.2) is 4.68 Å². The van der Waals surface area contributed by atoms with Gasteiger partial charge in [0.05, 0.1) is 12.2 Å². The summed E-state index contributed by atoms with van der Waals surface area (Å²) in [6, 6.07) is 0.468. The molecule has 1 aromatic heterocycles. The van der Waals surface area contributed by atoms with Crippen LogP contribution in [0.3, 0.4) is 0 Å². The van der Waals surface area contributed by atoms with E-state index in [-0.39, 0.29) is 17.4 Å². The molecule has 1 unspecified atom stereocenters. The first-order chi connectivity index (χ1) is 8.80. The summed E-state index contributed by atoms with van der Waals surface area (Å²) in [5.41, 5.74) is 0.462. The topological polar surface area (TPSA) is 63.1 Å². The predicted molar refractivity (Wildman–Crippen MR) is 72.9 cm³/mol. The Morgan fingerprint density at radius 3 is 2.63 bits per heavy atom. The minimum Gasteiger partial charge on any atom is -0.337 e. The van der Waals surface area contributed by atoms with E-state index in [2.05, 4.69) is 43.3 Å². The lowest BCUT2D eigenvalue weighted by molar-refractivity contribution is 0.0623. The van der Waals surface area contributed by atoms with Gasteiger partial charge in [-0.2, -0.15) is 0 Å². The number of rotatable bonds is 3. The van der Waals surface area contributed by atoms with Gasteiger partial charge in [-0.15, -0.1) is 5.10 Å². The summed E-state index contributed by atoms with van der Waals surface area (Å²) in [5, 5.41) is 11.2. The van der Waals surface area contributed by atoms with Gasteiger partial charge in [-0.1, -0.05) is 26.0 Å². The van der Waals surface area contributed by atoms with Gasteiger partial charge >= 0.3 is 0 Å². The number of hydrogen-bond acceptors (Lipinski definition) is 4. The Kier molecular flexibility index (Phi) is 3.62. The van der Waals surface area contributed by atoms with Gasteiger partial charge in [0.1, 0.15) is 0 Å². The number of aromatic nitrogens is 3. The molecule has 1 saturated heterocycles. The quantitative estimate of drug-likeness (QED) is 0.883. The Morgan fingerprint density at radius 1 is 1.53 bits per heavy atom. The van der Waals surface area contributed by atoms with E-state index in [4.69, 9.17) is 0 Å². The summed E-state index contributed by atoms with van der Waals surface area (Å²) in [7, 11) is 1.82. The van der Waals surface area contributed by atoms with Crippen LogP contribution in [0.5, 0.6) is 0 Å². The maximum Gasteiger partial charge on any atom is 0.276 e. The van der Waals surface area contributed by atoms with Gasteiger partial charge in [-0.05, 0) is 12.3 Å². The minimum atomic E-state index is -0.0686. The van der Waals surface area contributed by atoms with Gasteiger partial charge in [-0.3, -0.25) is 4.79 Å². The maximum absolute atomic E-state index is 12.4. The van der Waals surface area contributed by atoms with Gasteiger partial charge in [0.2, 0.25) is 0 Å². The van der Waals surface area contributed by atoms with Crippen LogP contribution in [-0.4, -0.2) is 52.0 Å². The zero-order valence-electron chi connectivity index (χ0n) is 12.3. The van der Waals surface area contributed by atoms with Crippen molar-refractivity contribution in [2.75, 3.05) is 20.1 Å². The minimum absolute atomic E-state index is 0.0400. The van der Waals surface area contributed by atoms with Crippen LogP contribution in [0, 0.1) is 5.41 Å². The lowest BCUT2D eigenvalue weighted by atomic mass is 9.87. The van der Waals surface area contributed by atoms with Crippen LogP contribution in [0.25, 0.3) is 0 Å². The van der Waals surface area contributed by atoms with Crippen molar-refractivity contribution < 1.29 is 4.79 Å². The first kappa shape index (κ1) is 14.0. The van der Waals surface area contributed by atoms with Crippen LogP contribution in [0.4, 0.5) is 0 Å². The van der Waals surface area contributed by atoms with Gasteiger partial charge < -0.3 is 10.2 Å². The molecule has 0 aliphatic carbocycles. The average Bonchev–Trinajstić information content (AvgIpc) is 2.71. The molecular weight excluding hydrogens is 242 g/mol. The molecule has 19 heavy (non-hydrogen) atoms. The molecule has 106 valence electrons. The normalized spacial score (nSPS) is 17.9. The van der Waals surface area contributed by atoms with Gasteiger partial charge in [0, 0.05) is 26.2 Å².